The van der Waals surface area contributed by atoms with Crippen LogP contribution in [0.3, 0.4) is 0 Å². The molecule has 4 nitrogen and oxygen atoms in total. The number of ether oxygens (including phenoxy) is 1. The fourth-order valence-electron chi connectivity index (χ4n) is 14.8. The van der Waals surface area contributed by atoms with E-state index in [1.807, 2.05) is 0 Å². The maximum Gasteiger partial charge on any atom is 0.0666 e. The summed E-state index contributed by atoms with van der Waals surface area (Å²) < 4.78 is 7.60. The second-order valence-corrected chi connectivity index (χ2v) is 19.3. The molecule has 7 saturated carbocycles. The zero-order chi connectivity index (χ0) is 31.2. The summed E-state index contributed by atoms with van der Waals surface area (Å²) in [5.74, 6) is 9.84. The van der Waals surface area contributed by atoms with Gasteiger partial charge in [0.2, 0.25) is 0 Å². The number of hydrogen-bond donors (Lipinski definition) is 3. The minimum absolute atomic E-state index is 0.424. The summed E-state index contributed by atoms with van der Waals surface area (Å²) in [5, 5.41) is 13.1. The average molecular weight is 648 g/mol. The lowest BCUT2D eigenvalue weighted by Gasteiger charge is -2.51. The van der Waals surface area contributed by atoms with Gasteiger partial charge in [0, 0.05) is 5.92 Å². The van der Waals surface area contributed by atoms with E-state index in [2.05, 4.69) is 16.0 Å². The van der Waals surface area contributed by atoms with Gasteiger partial charge < -0.3 is 4.74 Å². The van der Waals surface area contributed by atoms with E-state index >= 15 is 0 Å². The predicted molar refractivity (Wildman–Crippen MR) is 192 cm³/mol. The second kappa shape index (κ2) is 14.8. The molecular formula is C43H73N3O. The molecule has 3 N–H and O–H groups in total. The normalized spacial score (nSPS) is 49.1. The fraction of sp³-hybridized carbons (Fsp3) is 1.00. The zero-order valence-electron chi connectivity index (χ0n) is 30.2. The van der Waals surface area contributed by atoms with Crippen molar-refractivity contribution in [3.05, 3.63) is 0 Å². The molecule has 0 radical (unpaired) electrons. The Kier molecular flexibility index (Phi) is 10.3. The summed E-state index contributed by atoms with van der Waals surface area (Å²) in [6.07, 6.45) is 42.3. The van der Waals surface area contributed by atoms with E-state index in [0.29, 0.717) is 36.6 Å². The molecule has 9 aliphatic rings. The van der Waals surface area contributed by atoms with Gasteiger partial charge in [0.1, 0.15) is 0 Å². The van der Waals surface area contributed by atoms with Crippen molar-refractivity contribution in [1.29, 1.82) is 0 Å². The van der Waals surface area contributed by atoms with E-state index in [1.165, 1.54) is 161 Å². The standard InChI is InChI=1S/C43H73N3O/c1-4-14-28(15-5-1)31-20-12-21-32(26-31)42-44-41(30-18-8-3-9-19-30)45-43(46-42)36-25-13-24-35-38-27-37(29-16-6-2-7-17-29)33-22-10-11-23-34(33)40(38)47-39(35)36/h28-46H,1-27H2. The Morgan fingerprint density at radius 3 is 1.49 bits per heavy atom. The first-order valence-electron chi connectivity index (χ1n) is 22.2. The van der Waals surface area contributed by atoms with Crippen LogP contribution in [0.1, 0.15) is 173 Å². The monoisotopic (exact) mass is 648 g/mol. The summed E-state index contributed by atoms with van der Waals surface area (Å²) in [7, 11) is 0. The lowest BCUT2D eigenvalue weighted by Crippen LogP contribution is -2.73. The molecule has 7 aliphatic carbocycles. The molecule has 9 rings (SSSR count). The molecule has 0 aromatic carbocycles. The first-order chi connectivity index (χ1) is 23.3. The highest BCUT2D eigenvalue weighted by atomic mass is 16.5. The first-order valence-corrected chi connectivity index (χ1v) is 22.2. The summed E-state index contributed by atoms with van der Waals surface area (Å²) in [6.45, 7) is 0. The molecule has 13 unspecified atom stereocenters. The van der Waals surface area contributed by atoms with Crippen LogP contribution in [-0.4, -0.2) is 30.7 Å². The van der Waals surface area contributed by atoms with Crippen LogP contribution in [0, 0.1) is 65.1 Å². The molecule has 2 heterocycles. The topological polar surface area (TPSA) is 45.3 Å². The molecular weight excluding hydrogens is 574 g/mol. The number of rotatable bonds is 5. The third kappa shape index (κ3) is 6.68. The number of hydrogen-bond acceptors (Lipinski definition) is 4. The van der Waals surface area contributed by atoms with Crippen molar-refractivity contribution in [2.75, 3.05) is 0 Å². The van der Waals surface area contributed by atoms with Crippen LogP contribution in [0.15, 0.2) is 0 Å². The second-order valence-electron chi connectivity index (χ2n) is 19.3. The van der Waals surface area contributed by atoms with Crippen molar-refractivity contribution in [1.82, 2.24) is 16.0 Å². The Labute approximate surface area is 289 Å². The summed E-state index contributed by atoms with van der Waals surface area (Å²) in [6, 6.07) is 0. The summed E-state index contributed by atoms with van der Waals surface area (Å²) >= 11 is 0. The van der Waals surface area contributed by atoms with E-state index in [0.717, 1.165) is 59.2 Å². The van der Waals surface area contributed by atoms with Crippen molar-refractivity contribution in [2.45, 2.75) is 204 Å². The van der Waals surface area contributed by atoms with Crippen molar-refractivity contribution in [2.24, 2.45) is 65.1 Å². The van der Waals surface area contributed by atoms with E-state index in [9.17, 15) is 0 Å². The molecule has 266 valence electrons. The molecule has 47 heavy (non-hydrogen) atoms. The highest BCUT2D eigenvalue weighted by Gasteiger charge is 2.58. The molecule has 2 aliphatic heterocycles. The Morgan fingerprint density at radius 2 is 0.745 bits per heavy atom. The van der Waals surface area contributed by atoms with Gasteiger partial charge in [0.25, 0.3) is 0 Å². The van der Waals surface area contributed by atoms with Gasteiger partial charge >= 0.3 is 0 Å². The van der Waals surface area contributed by atoms with Gasteiger partial charge in [-0.3, -0.25) is 16.0 Å². The largest absolute Gasteiger partial charge is 0.374 e. The van der Waals surface area contributed by atoms with Crippen LogP contribution in [0.4, 0.5) is 0 Å². The Balaban J connectivity index is 0.945. The Morgan fingerprint density at radius 1 is 0.277 bits per heavy atom. The van der Waals surface area contributed by atoms with Crippen LogP contribution < -0.4 is 16.0 Å². The molecule has 0 amide bonds. The predicted octanol–water partition coefficient (Wildman–Crippen LogP) is 9.92. The van der Waals surface area contributed by atoms with Crippen molar-refractivity contribution < 1.29 is 4.74 Å². The van der Waals surface area contributed by atoms with Gasteiger partial charge in [-0.15, -0.1) is 0 Å². The molecule has 0 spiro atoms. The van der Waals surface area contributed by atoms with Crippen molar-refractivity contribution >= 4 is 0 Å². The van der Waals surface area contributed by atoms with Gasteiger partial charge in [-0.25, -0.2) is 0 Å². The maximum absolute atomic E-state index is 7.60. The molecule has 4 heteroatoms. The molecule has 0 aromatic rings. The van der Waals surface area contributed by atoms with Crippen LogP contribution in [0.5, 0.6) is 0 Å². The highest BCUT2D eigenvalue weighted by Crippen LogP contribution is 2.59. The van der Waals surface area contributed by atoms with Gasteiger partial charge in [0.15, 0.2) is 0 Å². The third-order valence-corrected chi connectivity index (χ3v) is 17.0. The molecule has 9 fully saturated rings. The van der Waals surface area contributed by atoms with E-state index < -0.39 is 0 Å². The lowest BCUT2D eigenvalue weighted by molar-refractivity contribution is -0.102. The smallest absolute Gasteiger partial charge is 0.0666 e. The minimum Gasteiger partial charge on any atom is -0.374 e. The van der Waals surface area contributed by atoms with Crippen molar-refractivity contribution in [3.8, 4) is 0 Å². The van der Waals surface area contributed by atoms with Crippen LogP contribution in [0.2, 0.25) is 0 Å². The maximum atomic E-state index is 7.60. The van der Waals surface area contributed by atoms with Gasteiger partial charge in [0.05, 0.1) is 30.7 Å². The molecule has 2 saturated heterocycles. The Bertz CT molecular complexity index is 1000. The van der Waals surface area contributed by atoms with E-state index in [4.69, 9.17) is 4.74 Å². The highest BCUT2D eigenvalue weighted by molar-refractivity contribution is 5.07. The van der Waals surface area contributed by atoms with Crippen LogP contribution in [-0.2, 0) is 4.74 Å². The van der Waals surface area contributed by atoms with E-state index in [1.54, 1.807) is 12.8 Å². The quantitative estimate of drug-likeness (QED) is 0.278. The summed E-state index contributed by atoms with van der Waals surface area (Å²) in [5.41, 5.74) is 0. The average Bonchev–Trinajstić information content (AvgIpc) is 3.55. The first kappa shape index (κ1) is 32.7. The molecule has 0 aromatic heterocycles. The summed E-state index contributed by atoms with van der Waals surface area (Å²) in [4.78, 5) is 0. The third-order valence-electron chi connectivity index (χ3n) is 17.0. The van der Waals surface area contributed by atoms with Crippen LogP contribution in [0.25, 0.3) is 0 Å². The molecule has 0 bridgehead atoms. The van der Waals surface area contributed by atoms with E-state index in [-0.39, 0.29) is 0 Å². The minimum atomic E-state index is 0.424. The van der Waals surface area contributed by atoms with Gasteiger partial charge in [-0.2, -0.15) is 0 Å². The molecule has 13 atom stereocenters. The van der Waals surface area contributed by atoms with Crippen molar-refractivity contribution in [3.63, 3.8) is 0 Å². The Hall–Kier alpha value is -0.160. The van der Waals surface area contributed by atoms with Crippen LogP contribution >= 0.6 is 0 Å². The zero-order valence-corrected chi connectivity index (χ0v) is 30.2. The van der Waals surface area contributed by atoms with Gasteiger partial charge in [-0.1, -0.05) is 116 Å². The SMILES string of the molecule is C1CCC(C2CCCC(C3NC(C4CCCCC4)NC(C4CCCC5C6CC(C7CCCCC7)C7CCCCC7C6OC45)N3)C2)CC1. The van der Waals surface area contributed by atoms with Gasteiger partial charge in [-0.05, 0) is 117 Å². The number of nitrogens with one attached hydrogen (secondary N) is 3. The number of fused-ring (bicyclic) bond motifs is 5. The fourth-order valence-corrected chi connectivity index (χ4v) is 14.8. The lowest BCUT2D eigenvalue weighted by atomic mass is 9.54.